The van der Waals surface area contributed by atoms with E-state index >= 15 is 0 Å². The highest BCUT2D eigenvalue weighted by atomic mass is 28.3. The van der Waals surface area contributed by atoms with E-state index in [0.717, 1.165) is 6.42 Å². The quantitative estimate of drug-likeness (QED) is 0.558. The van der Waals surface area contributed by atoms with Crippen molar-refractivity contribution < 1.29 is 0 Å². The number of benzene rings is 1. The van der Waals surface area contributed by atoms with Gasteiger partial charge in [-0.1, -0.05) is 62.0 Å². The van der Waals surface area contributed by atoms with Gasteiger partial charge >= 0.3 is 0 Å². The maximum absolute atomic E-state index is 5.43. The lowest BCUT2D eigenvalue weighted by atomic mass is 9.96. The van der Waals surface area contributed by atoms with Crippen molar-refractivity contribution in [1.29, 1.82) is 0 Å². The first-order valence-corrected chi connectivity index (χ1v) is 9.71. The van der Waals surface area contributed by atoms with Crippen LogP contribution in [0.3, 0.4) is 0 Å². The van der Waals surface area contributed by atoms with Crippen molar-refractivity contribution in [2.45, 2.75) is 32.0 Å². The van der Waals surface area contributed by atoms with Crippen LogP contribution in [0.2, 0.25) is 19.6 Å². The fourth-order valence-corrected chi connectivity index (χ4v) is 2.06. The lowest BCUT2D eigenvalue weighted by Gasteiger charge is -2.08. The molecular weight excluding hydrogens is 232 g/mol. The summed E-state index contributed by atoms with van der Waals surface area (Å²) in [4.78, 5) is 0. The van der Waals surface area contributed by atoms with E-state index in [-0.39, 0.29) is 5.92 Å². The molecule has 0 aliphatic heterocycles. The fourth-order valence-electron chi connectivity index (χ4n) is 1.55. The summed E-state index contributed by atoms with van der Waals surface area (Å²) in [6.07, 6.45) is 10.2. The van der Waals surface area contributed by atoms with Crippen LogP contribution in [0.15, 0.2) is 42.5 Å². The molecule has 1 aromatic rings. The maximum atomic E-state index is 5.43. The molecule has 0 spiro atoms. The van der Waals surface area contributed by atoms with Gasteiger partial charge in [0.05, 0.1) is 0 Å². The Morgan fingerprint density at radius 1 is 1.22 bits per heavy atom. The van der Waals surface area contributed by atoms with Crippen LogP contribution < -0.4 is 0 Å². The Morgan fingerprint density at radius 2 is 1.89 bits per heavy atom. The van der Waals surface area contributed by atoms with Crippen LogP contribution in [0.25, 0.3) is 0 Å². The molecule has 0 N–H and O–H groups in total. The van der Waals surface area contributed by atoms with E-state index in [0.29, 0.717) is 0 Å². The standard InChI is InChI=1S/C17H20Si/c1-5-11-16(17-12-7-6-8-13-17)14-9-10-15-18(2,3)4/h1,6-9,12-14,16H,11H2,2-4H3. The topological polar surface area (TPSA) is 0 Å². The largest absolute Gasteiger partial charge is 0.129 e. The normalized spacial score (nSPS) is 12.6. The molecule has 0 saturated heterocycles. The highest BCUT2D eigenvalue weighted by molar-refractivity contribution is 6.83. The smallest absolute Gasteiger partial charge is 0.127 e. The third kappa shape index (κ3) is 5.57. The third-order valence-corrected chi connectivity index (χ3v) is 3.32. The maximum Gasteiger partial charge on any atom is 0.129 e. The zero-order chi connectivity index (χ0) is 13.4. The minimum absolute atomic E-state index is 0.270. The number of terminal acetylenes is 1. The highest BCUT2D eigenvalue weighted by Crippen LogP contribution is 2.20. The minimum Gasteiger partial charge on any atom is -0.127 e. The van der Waals surface area contributed by atoms with E-state index in [1.165, 1.54) is 5.56 Å². The number of allylic oxidation sites excluding steroid dienone is 2. The molecule has 0 nitrogen and oxygen atoms in total. The minimum atomic E-state index is -1.28. The van der Waals surface area contributed by atoms with Gasteiger partial charge in [-0.2, -0.15) is 0 Å². The molecule has 1 rings (SSSR count). The van der Waals surface area contributed by atoms with Gasteiger partial charge in [-0.3, -0.25) is 0 Å². The predicted molar refractivity (Wildman–Crippen MR) is 82.9 cm³/mol. The summed E-state index contributed by atoms with van der Waals surface area (Å²) in [6, 6.07) is 10.3. The van der Waals surface area contributed by atoms with Crippen molar-refractivity contribution in [2.24, 2.45) is 0 Å². The SMILES string of the molecule is C#CCC(C=CC#C[Si](C)(C)C)c1ccccc1. The van der Waals surface area contributed by atoms with Gasteiger partial charge in [0.25, 0.3) is 0 Å². The second-order valence-corrected chi connectivity index (χ2v) is 10.1. The Kier molecular flexibility index (Phi) is 5.50. The van der Waals surface area contributed by atoms with Gasteiger partial charge in [0.2, 0.25) is 0 Å². The number of hydrogen-bond acceptors (Lipinski definition) is 0. The summed E-state index contributed by atoms with van der Waals surface area (Å²) in [5.74, 6) is 6.15. The molecule has 18 heavy (non-hydrogen) atoms. The van der Waals surface area contributed by atoms with Gasteiger partial charge in [0, 0.05) is 12.3 Å². The summed E-state index contributed by atoms with van der Waals surface area (Å²) in [5, 5.41) is 0. The molecule has 0 bridgehead atoms. The van der Waals surface area contributed by atoms with Crippen LogP contribution >= 0.6 is 0 Å². The lowest BCUT2D eigenvalue weighted by Crippen LogP contribution is -2.16. The summed E-state index contributed by atoms with van der Waals surface area (Å²) >= 11 is 0. The molecule has 1 aromatic carbocycles. The molecule has 92 valence electrons. The summed E-state index contributed by atoms with van der Waals surface area (Å²) in [7, 11) is -1.28. The van der Waals surface area contributed by atoms with E-state index in [1.807, 2.05) is 24.3 Å². The third-order valence-electron chi connectivity index (χ3n) is 2.42. The van der Waals surface area contributed by atoms with E-state index in [1.54, 1.807) is 0 Å². The molecule has 0 aliphatic rings. The van der Waals surface area contributed by atoms with Gasteiger partial charge in [-0.15, -0.1) is 17.9 Å². The van der Waals surface area contributed by atoms with Crippen LogP contribution in [0, 0.1) is 23.8 Å². The van der Waals surface area contributed by atoms with Crippen LogP contribution in [0.4, 0.5) is 0 Å². The van der Waals surface area contributed by atoms with Gasteiger partial charge in [0.1, 0.15) is 8.07 Å². The molecule has 0 aliphatic carbocycles. The number of hydrogen-bond donors (Lipinski definition) is 0. The van der Waals surface area contributed by atoms with E-state index in [2.05, 4.69) is 55.2 Å². The Hall–Kier alpha value is -1.70. The van der Waals surface area contributed by atoms with E-state index in [9.17, 15) is 0 Å². The Balaban J connectivity index is 2.79. The summed E-state index contributed by atoms with van der Waals surface area (Å²) < 4.78 is 0. The highest BCUT2D eigenvalue weighted by Gasteiger charge is 2.07. The van der Waals surface area contributed by atoms with Crippen molar-refractivity contribution in [1.82, 2.24) is 0 Å². The average molecular weight is 252 g/mol. The van der Waals surface area contributed by atoms with Gasteiger partial charge in [0.15, 0.2) is 0 Å². The zero-order valence-corrected chi connectivity index (χ0v) is 12.4. The van der Waals surface area contributed by atoms with Crippen molar-refractivity contribution in [2.75, 3.05) is 0 Å². The first-order chi connectivity index (χ1) is 8.53. The molecule has 1 heteroatoms. The Bertz CT molecular complexity index is 486. The van der Waals surface area contributed by atoms with Gasteiger partial charge < -0.3 is 0 Å². The second-order valence-electron chi connectivity index (χ2n) is 5.30. The molecular formula is C17H20Si. The molecule has 0 fully saturated rings. The van der Waals surface area contributed by atoms with E-state index < -0.39 is 8.07 Å². The fraction of sp³-hybridized carbons (Fsp3) is 0.294. The molecule has 0 heterocycles. The Labute approximate surface area is 112 Å². The van der Waals surface area contributed by atoms with Crippen molar-refractivity contribution in [3.05, 3.63) is 48.0 Å². The average Bonchev–Trinajstić information content (AvgIpc) is 2.33. The van der Waals surface area contributed by atoms with Crippen LogP contribution in [-0.2, 0) is 0 Å². The first kappa shape index (κ1) is 14.4. The Morgan fingerprint density at radius 3 is 2.44 bits per heavy atom. The summed E-state index contributed by atoms with van der Waals surface area (Å²) in [6.45, 7) is 6.72. The monoisotopic (exact) mass is 252 g/mol. The zero-order valence-electron chi connectivity index (χ0n) is 11.4. The van der Waals surface area contributed by atoms with Crippen molar-refractivity contribution in [3.8, 4) is 23.8 Å². The van der Waals surface area contributed by atoms with E-state index in [4.69, 9.17) is 6.42 Å². The van der Waals surface area contributed by atoms with Crippen LogP contribution in [0.5, 0.6) is 0 Å². The molecule has 0 saturated carbocycles. The molecule has 0 aromatic heterocycles. The summed E-state index contributed by atoms with van der Waals surface area (Å²) in [5.41, 5.74) is 4.57. The molecule has 0 radical (unpaired) electrons. The van der Waals surface area contributed by atoms with Crippen molar-refractivity contribution >= 4 is 8.07 Å². The van der Waals surface area contributed by atoms with Crippen molar-refractivity contribution in [3.63, 3.8) is 0 Å². The van der Waals surface area contributed by atoms with Gasteiger partial charge in [-0.25, -0.2) is 0 Å². The van der Waals surface area contributed by atoms with Crippen LogP contribution in [0.1, 0.15) is 17.9 Å². The lowest BCUT2D eigenvalue weighted by molar-refractivity contribution is 0.884. The number of rotatable bonds is 3. The molecule has 1 atom stereocenters. The molecule has 1 unspecified atom stereocenters. The van der Waals surface area contributed by atoms with Crippen LogP contribution in [-0.4, -0.2) is 8.07 Å². The van der Waals surface area contributed by atoms with Gasteiger partial charge in [-0.05, 0) is 11.6 Å². The predicted octanol–water partition coefficient (Wildman–Crippen LogP) is 4.23. The first-order valence-electron chi connectivity index (χ1n) is 6.21. The molecule has 0 amide bonds. The second kappa shape index (κ2) is 6.89.